The topological polar surface area (TPSA) is 24.9 Å². The second-order valence-corrected chi connectivity index (χ2v) is 6.46. The van der Waals surface area contributed by atoms with Gasteiger partial charge in [-0.2, -0.15) is 0 Å². The monoisotopic (exact) mass is 272 g/mol. The van der Waals surface area contributed by atoms with Gasteiger partial charge in [-0.3, -0.25) is 0 Å². The number of hydrogen-bond donors (Lipinski definition) is 1. The molecule has 100 valence electrons. The van der Waals surface area contributed by atoms with Crippen LogP contribution in [0.1, 0.15) is 29.0 Å². The van der Waals surface area contributed by atoms with Gasteiger partial charge >= 0.3 is 0 Å². The van der Waals surface area contributed by atoms with Gasteiger partial charge in [0.2, 0.25) is 0 Å². The average Bonchev–Trinajstić information content (AvgIpc) is 3.10. The molecule has 2 nitrogen and oxygen atoms in total. The van der Waals surface area contributed by atoms with E-state index in [1.165, 1.54) is 34.5 Å². The largest absolute Gasteiger partial charge is 0.310 e. The summed E-state index contributed by atoms with van der Waals surface area (Å²) in [5.41, 5.74) is 4.98. The molecule has 0 atom stereocenters. The molecule has 1 aromatic carbocycles. The van der Waals surface area contributed by atoms with Crippen molar-refractivity contribution in [1.29, 1.82) is 0 Å². The Hall–Kier alpha value is -1.19. The van der Waals surface area contributed by atoms with Gasteiger partial charge in [-0.05, 0) is 50.8 Å². The maximum absolute atomic E-state index is 4.76. The molecule has 1 saturated carbocycles. The molecule has 1 aromatic heterocycles. The molecule has 0 amide bonds. The summed E-state index contributed by atoms with van der Waals surface area (Å²) in [6.07, 6.45) is 2.80. The second-order valence-electron chi connectivity index (χ2n) is 5.52. The zero-order chi connectivity index (χ0) is 13.2. The van der Waals surface area contributed by atoms with Crippen molar-refractivity contribution in [3.05, 3.63) is 39.7 Å². The number of benzene rings is 1. The van der Waals surface area contributed by atoms with Crippen LogP contribution in [0.3, 0.4) is 0 Å². The molecule has 1 fully saturated rings. The summed E-state index contributed by atoms with van der Waals surface area (Å²) in [5.74, 6) is 0.929. The van der Waals surface area contributed by atoms with Crippen molar-refractivity contribution in [3.8, 4) is 11.3 Å². The standard InChI is InChI=1S/C16H20N2S/c1-11-3-4-12(2)14(7-11)15-10-19-16(18-15)9-17-8-13-5-6-13/h3-4,7,10,13,17H,5-6,8-9H2,1-2H3. The Morgan fingerprint density at radius 1 is 1.32 bits per heavy atom. The highest BCUT2D eigenvalue weighted by atomic mass is 32.1. The molecule has 3 heteroatoms. The average molecular weight is 272 g/mol. The summed E-state index contributed by atoms with van der Waals surface area (Å²) < 4.78 is 0. The predicted molar refractivity (Wildman–Crippen MR) is 81.5 cm³/mol. The lowest BCUT2D eigenvalue weighted by atomic mass is 10.0. The third-order valence-corrected chi connectivity index (χ3v) is 4.48. The molecule has 0 bridgehead atoms. The highest BCUT2D eigenvalue weighted by Crippen LogP contribution is 2.28. The van der Waals surface area contributed by atoms with Crippen molar-refractivity contribution >= 4 is 11.3 Å². The van der Waals surface area contributed by atoms with E-state index in [0.29, 0.717) is 0 Å². The third kappa shape index (κ3) is 3.23. The highest BCUT2D eigenvalue weighted by molar-refractivity contribution is 7.09. The molecule has 2 aromatic rings. The van der Waals surface area contributed by atoms with Gasteiger partial charge in [0, 0.05) is 17.5 Å². The van der Waals surface area contributed by atoms with Crippen LogP contribution in [0.15, 0.2) is 23.6 Å². The van der Waals surface area contributed by atoms with Gasteiger partial charge in [0.25, 0.3) is 0 Å². The second kappa shape index (κ2) is 5.43. The Kier molecular flexibility index (Phi) is 3.67. The molecule has 0 spiro atoms. The Balaban J connectivity index is 1.70. The quantitative estimate of drug-likeness (QED) is 0.892. The summed E-state index contributed by atoms with van der Waals surface area (Å²) in [6.45, 7) is 6.34. The number of rotatable bonds is 5. The SMILES string of the molecule is Cc1ccc(C)c(-c2csc(CNCC3CC3)n2)c1. The maximum atomic E-state index is 4.76. The molecular weight excluding hydrogens is 252 g/mol. The van der Waals surface area contributed by atoms with Gasteiger partial charge in [-0.1, -0.05) is 17.7 Å². The number of hydrogen-bond acceptors (Lipinski definition) is 3. The number of thiazole rings is 1. The van der Waals surface area contributed by atoms with Crippen molar-refractivity contribution < 1.29 is 0 Å². The minimum atomic E-state index is 0.909. The van der Waals surface area contributed by atoms with Gasteiger partial charge in [-0.15, -0.1) is 11.3 Å². The lowest BCUT2D eigenvalue weighted by molar-refractivity contribution is 0.637. The van der Waals surface area contributed by atoms with Crippen LogP contribution in [-0.2, 0) is 6.54 Å². The minimum absolute atomic E-state index is 0.909. The van der Waals surface area contributed by atoms with Crippen molar-refractivity contribution in [2.24, 2.45) is 5.92 Å². The molecule has 0 aliphatic heterocycles. The Labute approximate surface area is 118 Å². The van der Waals surface area contributed by atoms with Crippen LogP contribution in [0, 0.1) is 19.8 Å². The van der Waals surface area contributed by atoms with Crippen molar-refractivity contribution in [3.63, 3.8) is 0 Å². The Morgan fingerprint density at radius 2 is 2.16 bits per heavy atom. The molecule has 0 unspecified atom stereocenters. The maximum Gasteiger partial charge on any atom is 0.107 e. The van der Waals surface area contributed by atoms with E-state index in [9.17, 15) is 0 Å². The van der Waals surface area contributed by atoms with E-state index in [-0.39, 0.29) is 0 Å². The molecule has 0 radical (unpaired) electrons. The van der Waals surface area contributed by atoms with Crippen LogP contribution in [0.5, 0.6) is 0 Å². The van der Waals surface area contributed by atoms with Gasteiger partial charge in [0.15, 0.2) is 0 Å². The van der Waals surface area contributed by atoms with Gasteiger partial charge in [0.1, 0.15) is 5.01 Å². The molecule has 3 rings (SSSR count). The Bertz CT molecular complexity index is 570. The van der Waals surface area contributed by atoms with E-state index < -0.39 is 0 Å². The molecular formula is C16H20N2S. The van der Waals surface area contributed by atoms with E-state index in [4.69, 9.17) is 4.98 Å². The third-order valence-electron chi connectivity index (χ3n) is 3.63. The number of aryl methyl sites for hydroxylation is 2. The van der Waals surface area contributed by atoms with E-state index in [1.807, 2.05) is 0 Å². The molecule has 1 aliphatic carbocycles. The van der Waals surface area contributed by atoms with Crippen LogP contribution in [0.4, 0.5) is 0 Å². The summed E-state index contributed by atoms with van der Waals surface area (Å²) in [4.78, 5) is 4.76. The summed E-state index contributed by atoms with van der Waals surface area (Å²) in [5, 5.41) is 6.87. The van der Waals surface area contributed by atoms with Crippen LogP contribution in [-0.4, -0.2) is 11.5 Å². The lowest BCUT2D eigenvalue weighted by Crippen LogP contribution is -2.15. The van der Waals surface area contributed by atoms with E-state index in [2.05, 4.69) is 42.7 Å². The molecule has 1 heterocycles. The summed E-state index contributed by atoms with van der Waals surface area (Å²) in [6, 6.07) is 6.56. The van der Waals surface area contributed by atoms with Crippen LogP contribution in [0.2, 0.25) is 0 Å². The lowest BCUT2D eigenvalue weighted by Gasteiger charge is -2.04. The van der Waals surface area contributed by atoms with E-state index in [0.717, 1.165) is 24.7 Å². The molecule has 19 heavy (non-hydrogen) atoms. The van der Waals surface area contributed by atoms with Crippen molar-refractivity contribution in [2.45, 2.75) is 33.2 Å². The molecule has 0 saturated heterocycles. The predicted octanol–water partition coefficient (Wildman–Crippen LogP) is 3.93. The van der Waals surface area contributed by atoms with E-state index >= 15 is 0 Å². The fourth-order valence-electron chi connectivity index (χ4n) is 2.23. The number of nitrogens with one attached hydrogen (secondary N) is 1. The van der Waals surface area contributed by atoms with Gasteiger partial charge in [-0.25, -0.2) is 4.98 Å². The summed E-state index contributed by atoms with van der Waals surface area (Å²) >= 11 is 1.76. The Morgan fingerprint density at radius 3 is 2.95 bits per heavy atom. The van der Waals surface area contributed by atoms with Crippen LogP contribution >= 0.6 is 11.3 Å². The zero-order valence-electron chi connectivity index (χ0n) is 11.6. The van der Waals surface area contributed by atoms with Crippen molar-refractivity contribution in [1.82, 2.24) is 10.3 Å². The van der Waals surface area contributed by atoms with Gasteiger partial charge < -0.3 is 5.32 Å². The van der Waals surface area contributed by atoms with E-state index in [1.54, 1.807) is 11.3 Å². The minimum Gasteiger partial charge on any atom is -0.310 e. The fourth-order valence-corrected chi connectivity index (χ4v) is 3.00. The first-order chi connectivity index (χ1) is 9.22. The molecule has 1 N–H and O–H groups in total. The zero-order valence-corrected chi connectivity index (χ0v) is 12.4. The fraction of sp³-hybridized carbons (Fsp3) is 0.438. The van der Waals surface area contributed by atoms with Crippen LogP contribution < -0.4 is 5.32 Å². The van der Waals surface area contributed by atoms with Gasteiger partial charge in [0.05, 0.1) is 5.69 Å². The summed E-state index contributed by atoms with van der Waals surface area (Å²) in [7, 11) is 0. The normalized spacial score (nSPS) is 14.8. The number of nitrogens with zero attached hydrogens (tertiary/aromatic N) is 1. The first-order valence-corrected chi connectivity index (χ1v) is 7.83. The number of aromatic nitrogens is 1. The van der Waals surface area contributed by atoms with Crippen LogP contribution in [0.25, 0.3) is 11.3 Å². The smallest absolute Gasteiger partial charge is 0.107 e. The molecule has 1 aliphatic rings. The first kappa shape index (κ1) is 12.8. The first-order valence-electron chi connectivity index (χ1n) is 6.95. The highest BCUT2D eigenvalue weighted by Gasteiger charge is 2.20. The van der Waals surface area contributed by atoms with Crippen molar-refractivity contribution in [2.75, 3.05) is 6.54 Å².